The molecule has 2 heterocycles. The van der Waals surface area contributed by atoms with Crippen molar-refractivity contribution in [2.45, 2.75) is 18.6 Å². The SMILES string of the molecule is CC(=O)Nc1ccc(C(=O)CSc2nnc(-c3ccc(NS(C)(=O)=O)cc3)n2Cc2ccco2)cc1. The Morgan fingerprint density at radius 3 is 2.31 bits per heavy atom. The summed E-state index contributed by atoms with van der Waals surface area (Å²) in [7, 11) is -3.39. The number of carbonyl (C=O) groups is 2. The minimum absolute atomic E-state index is 0.0975. The first-order valence-electron chi connectivity index (χ1n) is 10.8. The first kappa shape index (κ1) is 25.2. The van der Waals surface area contributed by atoms with E-state index < -0.39 is 10.0 Å². The van der Waals surface area contributed by atoms with Crippen LogP contribution in [0.5, 0.6) is 0 Å². The predicted octanol–water partition coefficient (Wildman–Crippen LogP) is 3.89. The van der Waals surface area contributed by atoms with Crippen LogP contribution in [-0.4, -0.2) is 46.9 Å². The summed E-state index contributed by atoms with van der Waals surface area (Å²) >= 11 is 1.25. The Balaban J connectivity index is 1.54. The molecule has 0 atom stereocenters. The van der Waals surface area contributed by atoms with E-state index in [9.17, 15) is 18.0 Å². The highest BCUT2D eigenvalue weighted by atomic mass is 32.2. The van der Waals surface area contributed by atoms with Gasteiger partial charge < -0.3 is 9.73 Å². The van der Waals surface area contributed by atoms with Gasteiger partial charge in [0.2, 0.25) is 15.9 Å². The van der Waals surface area contributed by atoms with Crippen molar-refractivity contribution in [1.29, 1.82) is 0 Å². The van der Waals surface area contributed by atoms with Gasteiger partial charge in [-0.3, -0.25) is 18.9 Å². The Labute approximate surface area is 212 Å². The van der Waals surface area contributed by atoms with Crippen molar-refractivity contribution < 1.29 is 22.4 Å². The van der Waals surface area contributed by atoms with E-state index in [1.54, 1.807) is 60.9 Å². The lowest BCUT2D eigenvalue weighted by atomic mass is 10.1. The van der Waals surface area contributed by atoms with Crippen molar-refractivity contribution >= 4 is 44.9 Å². The van der Waals surface area contributed by atoms with Gasteiger partial charge in [-0.1, -0.05) is 11.8 Å². The lowest BCUT2D eigenvalue weighted by molar-refractivity contribution is -0.114. The molecule has 186 valence electrons. The zero-order valence-corrected chi connectivity index (χ0v) is 21.1. The minimum atomic E-state index is -3.39. The molecule has 2 N–H and O–H groups in total. The molecule has 0 aliphatic rings. The van der Waals surface area contributed by atoms with E-state index in [1.165, 1.54) is 18.7 Å². The molecule has 0 radical (unpaired) electrons. The number of thioether (sulfide) groups is 1. The lowest BCUT2D eigenvalue weighted by Gasteiger charge is -2.10. The van der Waals surface area contributed by atoms with Crippen LogP contribution in [0.25, 0.3) is 11.4 Å². The van der Waals surface area contributed by atoms with Crippen LogP contribution in [0.1, 0.15) is 23.0 Å². The van der Waals surface area contributed by atoms with E-state index in [2.05, 4.69) is 20.2 Å². The first-order chi connectivity index (χ1) is 17.2. The van der Waals surface area contributed by atoms with Gasteiger partial charge in [-0.05, 0) is 60.7 Å². The minimum Gasteiger partial charge on any atom is -0.467 e. The largest absolute Gasteiger partial charge is 0.467 e. The van der Waals surface area contributed by atoms with E-state index in [1.807, 2.05) is 10.6 Å². The molecular weight excluding hydrogens is 502 g/mol. The number of sulfonamides is 1. The highest BCUT2D eigenvalue weighted by Crippen LogP contribution is 2.27. The van der Waals surface area contributed by atoms with Crippen LogP contribution in [0, 0.1) is 0 Å². The van der Waals surface area contributed by atoms with Crippen molar-refractivity contribution in [3.8, 4) is 11.4 Å². The summed E-state index contributed by atoms with van der Waals surface area (Å²) in [4.78, 5) is 24.0. The molecule has 10 nitrogen and oxygen atoms in total. The smallest absolute Gasteiger partial charge is 0.229 e. The molecule has 0 fully saturated rings. The second-order valence-electron chi connectivity index (χ2n) is 7.89. The predicted molar refractivity (Wildman–Crippen MR) is 138 cm³/mol. The summed E-state index contributed by atoms with van der Waals surface area (Å²) in [6.07, 6.45) is 2.66. The molecule has 0 aliphatic heterocycles. The number of anilines is 2. The number of rotatable bonds is 10. The van der Waals surface area contributed by atoms with Crippen molar-refractivity contribution in [1.82, 2.24) is 14.8 Å². The van der Waals surface area contributed by atoms with Crippen LogP contribution < -0.4 is 10.0 Å². The van der Waals surface area contributed by atoms with Crippen molar-refractivity contribution in [3.63, 3.8) is 0 Å². The monoisotopic (exact) mass is 525 g/mol. The third-order valence-corrected chi connectivity index (χ3v) is 6.49. The van der Waals surface area contributed by atoms with Crippen molar-refractivity contribution in [3.05, 3.63) is 78.3 Å². The molecule has 0 saturated carbocycles. The number of benzene rings is 2. The average molecular weight is 526 g/mol. The standard InChI is InChI=1S/C24H23N5O5S2/c1-16(30)25-19-9-5-17(6-10-19)22(31)15-35-24-27-26-23(29(24)14-21-4-3-13-34-21)18-7-11-20(12-8-18)28-36(2,32)33/h3-13,28H,14-15H2,1-2H3,(H,25,30). The summed E-state index contributed by atoms with van der Waals surface area (Å²) in [5, 5.41) is 11.8. The molecule has 0 unspecified atom stereocenters. The summed E-state index contributed by atoms with van der Waals surface area (Å²) in [6.45, 7) is 1.77. The van der Waals surface area contributed by atoms with Gasteiger partial charge in [-0.25, -0.2) is 8.42 Å². The van der Waals surface area contributed by atoms with Gasteiger partial charge in [0.1, 0.15) is 5.76 Å². The number of nitrogens with zero attached hydrogens (tertiary/aromatic N) is 3. The van der Waals surface area contributed by atoms with Gasteiger partial charge in [-0.15, -0.1) is 10.2 Å². The second kappa shape index (κ2) is 10.8. The number of hydrogen-bond acceptors (Lipinski definition) is 8. The van der Waals surface area contributed by atoms with Crippen LogP contribution in [-0.2, 0) is 21.4 Å². The highest BCUT2D eigenvalue weighted by Gasteiger charge is 2.18. The zero-order chi connectivity index (χ0) is 25.7. The number of carbonyl (C=O) groups excluding carboxylic acids is 2. The number of aromatic nitrogens is 3. The van der Waals surface area contributed by atoms with Gasteiger partial charge in [0, 0.05) is 29.4 Å². The maximum Gasteiger partial charge on any atom is 0.229 e. The van der Waals surface area contributed by atoms with E-state index >= 15 is 0 Å². The molecule has 12 heteroatoms. The van der Waals surface area contributed by atoms with Crippen LogP contribution in [0.2, 0.25) is 0 Å². The Morgan fingerprint density at radius 1 is 1.00 bits per heavy atom. The number of nitrogens with one attached hydrogen (secondary N) is 2. The van der Waals surface area contributed by atoms with E-state index in [4.69, 9.17) is 4.42 Å². The van der Waals surface area contributed by atoms with Crippen LogP contribution in [0.3, 0.4) is 0 Å². The van der Waals surface area contributed by atoms with Gasteiger partial charge in [0.05, 0.1) is 24.8 Å². The first-order valence-corrected chi connectivity index (χ1v) is 13.6. The highest BCUT2D eigenvalue weighted by molar-refractivity contribution is 7.99. The summed E-state index contributed by atoms with van der Waals surface area (Å²) < 4.78 is 32.7. The Morgan fingerprint density at radius 2 is 1.69 bits per heavy atom. The maximum absolute atomic E-state index is 12.8. The molecule has 4 aromatic rings. The molecule has 2 aromatic carbocycles. The van der Waals surface area contributed by atoms with Gasteiger partial charge in [-0.2, -0.15) is 0 Å². The zero-order valence-electron chi connectivity index (χ0n) is 19.5. The molecule has 36 heavy (non-hydrogen) atoms. The Kier molecular flexibility index (Phi) is 7.55. The Bertz CT molecular complexity index is 1460. The second-order valence-corrected chi connectivity index (χ2v) is 10.6. The van der Waals surface area contributed by atoms with E-state index in [0.717, 1.165) is 11.8 Å². The van der Waals surface area contributed by atoms with Crippen molar-refractivity contribution in [2.24, 2.45) is 0 Å². The van der Waals surface area contributed by atoms with Gasteiger partial charge >= 0.3 is 0 Å². The topological polar surface area (TPSA) is 136 Å². The molecule has 0 bridgehead atoms. The molecule has 0 spiro atoms. The molecule has 4 rings (SSSR count). The molecule has 0 saturated heterocycles. The number of furan rings is 1. The number of amides is 1. The van der Waals surface area contributed by atoms with Gasteiger partial charge in [0.25, 0.3) is 0 Å². The fourth-order valence-electron chi connectivity index (χ4n) is 3.37. The third kappa shape index (κ3) is 6.61. The van der Waals surface area contributed by atoms with Gasteiger partial charge in [0.15, 0.2) is 16.8 Å². The van der Waals surface area contributed by atoms with E-state index in [0.29, 0.717) is 40.2 Å². The quantitative estimate of drug-likeness (QED) is 0.235. The molecular formula is C24H23N5O5S2. The van der Waals surface area contributed by atoms with Crippen molar-refractivity contribution in [2.75, 3.05) is 22.0 Å². The fourth-order valence-corrected chi connectivity index (χ4v) is 4.76. The Hall–Kier alpha value is -3.90. The third-order valence-electron chi connectivity index (χ3n) is 4.92. The van der Waals surface area contributed by atoms with Crippen LogP contribution >= 0.6 is 11.8 Å². The summed E-state index contributed by atoms with van der Waals surface area (Å²) in [6, 6.07) is 17.1. The van der Waals surface area contributed by atoms with Crippen LogP contribution in [0.15, 0.2) is 76.5 Å². The number of hydrogen-bond donors (Lipinski definition) is 2. The maximum atomic E-state index is 12.8. The molecule has 2 aromatic heterocycles. The summed E-state index contributed by atoms with van der Waals surface area (Å²) in [5.41, 5.74) is 2.29. The summed E-state index contributed by atoms with van der Waals surface area (Å²) in [5.74, 6) is 1.09. The molecule has 0 aliphatic carbocycles. The fraction of sp³-hybridized carbons (Fsp3) is 0.167. The van der Waals surface area contributed by atoms with E-state index in [-0.39, 0.29) is 17.4 Å². The number of ketones is 1. The number of Topliss-reactive ketones (excluding diaryl/α,β-unsaturated/α-hetero) is 1. The normalized spacial score (nSPS) is 11.3. The van der Waals surface area contributed by atoms with Crippen LogP contribution in [0.4, 0.5) is 11.4 Å². The average Bonchev–Trinajstić information content (AvgIpc) is 3.48. The lowest BCUT2D eigenvalue weighted by Crippen LogP contribution is -2.09. The molecule has 1 amide bonds.